The third-order valence-corrected chi connectivity index (χ3v) is 5.94. The number of halogens is 1. The molecule has 29 heavy (non-hydrogen) atoms. The van der Waals surface area contributed by atoms with Gasteiger partial charge in [0.15, 0.2) is 5.76 Å². The molecular formula is C22H14BrN3O2S. The number of rotatable bonds is 3. The minimum Gasteiger partial charge on any atom is -0.453 e. The predicted molar refractivity (Wildman–Crippen MR) is 121 cm³/mol. The summed E-state index contributed by atoms with van der Waals surface area (Å²) in [5, 5.41) is 5.89. The van der Waals surface area contributed by atoms with Gasteiger partial charge in [0.2, 0.25) is 5.82 Å². The van der Waals surface area contributed by atoms with Gasteiger partial charge in [0.05, 0.1) is 17.1 Å². The van der Waals surface area contributed by atoms with Gasteiger partial charge in [0.25, 0.3) is 5.56 Å². The summed E-state index contributed by atoms with van der Waals surface area (Å²) in [7, 11) is 0. The highest BCUT2D eigenvalue weighted by Crippen LogP contribution is 2.29. The molecule has 5 nitrogen and oxygen atoms in total. The number of hydrogen-bond donors (Lipinski definition) is 0. The van der Waals surface area contributed by atoms with Crippen LogP contribution in [0.4, 0.5) is 0 Å². The molecule has 0 aliphatic carbocycles. The van der Waals surface area contributed by atoms with Crippen molar-refractivity contribution in [1.29, 1.82) is 0 Å². The van der Waals surface area contributed by atoms with E-state index in [4.69, 9.17) is 4.42 Å². The lowest BCUT2D eigenvalue weighted by Crippen LogP contribution is -2.20. The average molecular weight is 464 g/mol. The number of thiophene rings is 1. The van der Waals surface area contributed by atoms with Crippen molar-refractivity contribution in [3.63, 3.8) is 0 Å². The van der Waals surface area contributed by atoms with Crippen LogP contribution in [0.2, 0.25) is 0 Å². The van der Waals surface area contributed by atoms with Crippen molar-refractivity contribution < 1.29 is 4.42 Å². The zero-order valence-electron chi connectivity index (χ0n) is 15.3. The first-order valence-electron chi connectivity index (χ1n) is 8.90. The van der Waals surface area contributed by atoms with Gasteiger partial charge in [-0.15, -0.1) is 11.3 Å². The lowest BCUT2D eigenvalue weighted by atomic mass is 10.2. The van der Waals surface area contributed by atoms with Gasteiger partial charge in [-0.25, -0.2) is 4.98 Å². The summed E-state index contributed by atoms with van der Waals surface area (Å²) in [6, 6.07) is 18.9. The third-order valence-electron chi connectivity index (χ3n) is 4.51. The third kappa shape index (κ3) is 3.32. The zero-order chi connectivity index (χ0) is 20.0. The van der Waals surface area contributed by atoms with Crippen LogP contribution in [0.3, 0.4) is 0 Å². The fraction of sp³-hybridized carbons (Fsp3) is 0.0455. The quantitative estimate of drug-likeness (QED) is 0.316. The molecular weight excluding hydrogens is 450 g/mol. The maximum atomic E-state index is 13.2. The standard InChI is InChI=1S/C22H14BrN3O2S/c1-13-6-8-16(29-13)12-24-26-21(25-18-5-3-2-4-17(18)22(26)27)20-11-14-10-15(23)7-9-19(14)28-20/h2-12H,1H3. The van der Waals surface area contributed by atoms with Gasteiger partial charge < -0.3 is 4.42 Å². The predicted octanol–water partition coefficient (Wildman–Crippen LogP) is 5.82. The fourth-order valence-electron chi connectivity index (χ4n) is 3.15. The SMILES string of the molecule is Cc1ccc(C=Nn2c(-c3cc4cc(Br)ccc4o3)nc3ccccc3c2=O)s1. The van der Waals surface area contributed by atoms with E-state index in [0.717, 1.165) is 20.3 Å². The number of para-hydroxylation sites is 1. The van der Waals surface area contributed by atoms with Crippen molar-refractivity contribution in [3.8, 4) is 11.6 Å². The molecule has 5 rings (SSSR count). The molecule has 0 spiro atoms. The minimum atomic E-state index is -0.239. The van der Waals surface area contributed by atoms with E-state index >= 15 is 0 Å². The molecule has 5 aromatic rings. The van der Waals surface area contributed by atoms with Crippen LogP contribution < -0.4 is 5.56 Å². The molecule has 0 amide bonds. The lowest BCUT2D eigenvalue weighted by molar-refractivity contribution is 0.616. The van der Waals surface area contributed by atoms with Gasteiger partial charge >= 0.3 is 0 Å². The summed E-state index contributed by atoms with van der Waals surface area (Å²) in [6.07, 6.45) is 1.68. The van der Waals surface area contributed by atoms with Gasteiger partial charge in [0, 0.05) is 19.6 Å². The van der Waals surface area contributed by atoms with Crippen LogP contribution in [0.1, 0.15) is 9.75 Å². The van der Waals surface area contributed by atoms with Gasteiger partial charge in [-0.1, -0.05) is 28.1 Å². The number of hydrogen-bond acceptors (Lipinski definition) is 5. The lowest BCUT2D eigenvalue weighted by Gasteiger charge is -2.06. The summed E-state index contributed by atoms with van der Waals surface area (Å²) in [4.78, 5) is 20.0. The van der Waals surface area contributed by atoms with Crippen molar-refractivity contribution in [3.05, 3.63) is 85.2 Å². The van der Waals surface area contributed by atoms with Crippen LogP contribution in [-0.4, -0.2) is 15.9 Å². The monoisotopic (exact) mass is 463 g/mol. The normalized spacial score (nSPS) is 11.8. The van der Waals surface area contributed by atoms with Gasteiger partial charge in [-0.3, -0.25) is 4.79 Å². The van der Waals surface area contributed by atoms with Gasteiger partial charge in [-0.2, -0.15) is 9.78 Å². The first-order valence-corrected chi connectivity index (χ1v) is 10.5. The maximum absolute atomic E-state index is 13.2. The molecule has 0 saturated carbocycles. The van der Waals surface area contributed by atoms with Gasteiger partial charge in [-0.05, 0) is 55.5 Å². The number of aryl methyl sites for hydroxylation is 1. The van der Waals surface area contributed by atoms with E-state index in [1.807, 2.05) is 61.5 Å². The molecule has 0 saturated heterocycles. The Kier molecular flexibility index (Phi) is 4.41. The minimum absolute atomic E-state index is 0.239. The Balaban J connectivity index is 1.75. The molecule has 0 bridgehead atoms. The highest BCUT2D eigenvalue weighted by molar-refractivity contribution is 9.10. The van der Waals surface area contributed by atoms with Crippen LogP contribution in [0, 0.1) is 6.92 Å². The molecule has 0 N–H and O–H groups in total. The zero-order valence-corrected chi connectivity index (χ0v) is 17.7. The highest BCUT2D eigenvalue weighted by atomic mass is 79.9. The second-order valence-electron chi connectivity index (χ2n) is 6.56. The molecule has 0 aliphatic rings. The van der Waals surface area contributed by atoms with Crippen molar-refractivity contribution in [2.75, 3.05) is 0 Å². The molecule has 3 aromatic heterocycles. The van der Waals surface area contributed by atoms with E-state index < -0.39 is 0 Å². The number of furan rings is 1. The Morgan fingerprint density at radius 1 is 1.14 bits per heavy atom. The highest BCUT2D eigenvalue weighted by Gasteiger charge is 2.16. The Labute approximate surface area is 178 Å². The van der Waals surface area contributed by atoms with Crippen LogP contribution in [0.25, 0.3) is 33.5 Å². The Hall–Kier alpha value is -3.03. The molecule has 7 heteroatoms. The van der Waals surface area contributed by atoms with E-state index in [9.17, 15) is 4.79 Å². The van der Waals surface area contributed by atoms with Crippen LogP contribution in [0.5, 0.6) is 0 Å². The Morgan fingerprint density at radius 3 is 2.83 bits per heavy atom. The van der Waals surface area contributed by atoms with E-state index in [-0.39, 0.29) is 5.56 Å². The van der Waals surface area contributed by atoms with E-state index in [1.54, 1.807) is 23.6 Å². The molecule has 142 valence electrons. The largest absolute Gasteiger partial charge is 0.453 e. The van der Waals surface area contributed by atoms with Crippen LogP contribution >= 0.6 is 27.3 Å². The average Bonchev–Trinajstić information content (AvgIpc) is 3.32. The number of aromatic nitrogens is 2. The van der Waals surface area contributed by atoms with Crippen molar-refractivity contribution in [2.45, 2.75) is 6.92 Å². The van der Waals surface area contributed by atoms with Crippen molar-refractivity contribution >= 4 is 55.4 Å². The molecule has 2 aromatic carbocycles. The summed E-state index contributed by atoms with van der Waals surface area (Å²) in [6.45, 7) is 2.03. The smallest absolute Gasteiger partial charge is 0.282 e. The number of nitrogens with zero attached hydrogens (tertiary/aromatic N) is 3. The maximum Gasteiger partial charge on any atom is 0.282 e. The van der Waals surface area contributed by atoms with Crippen LogP contribution in [-0.2, 0) is 0 Å². The molecule has 0 radical (unpaired) electrons. The molecule has 0 fully saturated rings. The second kappa shape index (κ2) is 7.09. The molecule has 3 heterocycles. The number of benzene rings is 2. The fourth-order valence-corrected chi connectivity index (χ4v) is 4.27. The molecule has 0 aliphatic heterocycles. The Bertz CT molecular complexity index is 1460. The van der Waals surface area contributed by atoms with Crippen molar-refractivity contribution in [2.24, 2.45) is 5.10 Å². The summed E-state index contributed by atoms with van der Waals surface area (Å²) < 4.78 is 8.26. The van der Waals surface area contributed by atoms with E-state index in [0.29, 0.717) is 22.5 Å². The summed E-state index contributed by atoms with van der Waals surface area (Å²) in [5.41, 5.74) is 1.08. The second-order valence-corrected chi connectivity index (χ2v) is 8.79. The summed E-state index contributed by atoms with van der Waals surface area (Å²) in [5.74, 6) is 0.853. The van der Waals surface area contributed by atoms with Gasteiger partial charge in [0.1, 0.15) is 5.58 Å². The van der Waals surface area contributed by atoms with Crippen LogP contribution in [0.15, 0.2) is 79.4 Å². The van der Waals surface area contributed by atoms with E-state index in [2.05, 4.69) is 26.0 Å². The van der Waals surface area contributed by atoms with Crippen molar-refractivity contribution in [1.82, 2.24) is 9.66 Å². The first kappa shape index (κ1) is 18.0. The molecule has 0 atom stereocenters. The molecule has 0 unspecified atom stereocenters. The van der Waals surface area contributed by atoms with E-state index in [1.165, 1.54) is 9.55 Å². The summed E-state index contributed by atoms with van der Waals surface area (Å²) >= 11 is 5.08. The first-order chi connectivity index (χ1) is 14.1. The number of fused-ring (bicyclic) bond motifs is 2. The Morgan fingerprint density at radius 2 is 2.00 bits per heavy atom. The topological polar surface area (TPSA) is 60.4 Å².